The van der Waals surface area contributed by atoms with E-state index in [2.05, 4.69) is 20.8 Å². The maximum atomic E-state index is 13.5. The summed E-state index contributed by atoms with van der Waals surface area (Å²) in [5, 5.41) is 14.2. The number of nitrogens with zero attached hydrogens (tertiary/aromatic N) is 4. The van der Waals surface area contributed by atoms with Gasteiger partial charge in [-0.25, -0.2) is 4.79 Å². The third-order valence-electron chi connectivity index (χ3n) is 4.39. The number of ether oxygens (including phenoxy) is 2. The number of fused-ring (bicyclic) bond motifs is 1. The van der Waals surface area contributed by atoms with Crippen molar-refractivity contribution in [3.8, 4) is 5.75 Å². The van der Waals surface area contributed by atoms with E-state index < -0.39 is 17.8 Å². The fourth-order valence-electron chi connectivity index (χ4n) is 3.12. The Kier molecular flexibility index (Phi) is 4.82. The van der Waals surface area contributed by atoms with E-state index >= 15 is 0 Å². The number of hydrogen-bond donors (Lipinski definition) is 1. The van der Waals surface area contributed by atoms with Crippen LogP contribution in [0.1, 0.15) is 29.1 Å². The van der Waals surface area contributed by atoms with Gasteiger partial charge in [0.2, 0.25) is 5.95 Å². The lowest BCUT2D eigenvalue weighted by molar-refractivity contribution is -0.136. The van der Waals surface area contributed by atoms with Gasteiger partial charge in [0, 0.05) is 5.56 Å². The molecule has 1 aromatic carbocycles. The summed E-state index contributed by atoms with van der Waals surface area (Å²) < 4.78 is 17.2. The number of anilines is 1. The molecule has 3 aromatic rings. The fraction of sp³-hybridized carbons (Fsp3) is 0.211. The molecule has 0 aliphatic carbocycles. The van der Waals surface area contributed by atoms with Crippen LogP contribution in [-0.4, -0.2) is 45.7 Å². The van der Waals surface area contributed by atoms with E-state index in [4.69, 9.17) is 13.9 Å². The number of hydrogen-bond acceptors (Lipinski definition) is 9. The van der Waals surface area contributed by atoms with Gasteiger partial charge in [-0.05, 0) is 53.7 Å². The van der Waals surface area contributed by atoms with Gasteiger partial charge in [-0.15, -0.1) is 0 Å². The number of carbonyl (C=O) groups is 2. The Labute approximate surface area is 165 Å². The van der Waals surface area contributed by atoms with E-state index in [1.807, 2.05) is 6.92 Å². The summed E-state index contributed by atoms with van der Waals surface area (Å²) in [5.74, 6) is 0.109. The molecule has 0 saturated carbocycles. The number of furan rings is 1. The van der Waals surface area contributed by atoms with Crippen LogP contribution in [0.15, 0.2) is 58.3 Å². The number of methoxy groups -OCH3 is 1. The first-order valence-corrected chi connectivity index (χ1v) is 8.82. The van der Waals surface area contributed by atoms with Crippen molar-refractivity contribution < 1.29 is 23.5 Å². The van der Waals surface area contributed by atoms with Crippen molar-refractivity contribution >= 4 is 17.7 Å². The van der Waals surface area contributed by atoms with Gasteiger partial charge in [-0.3, -0.25) is 4.79 Å². The molecule has 1 aliphatic rings. The van der Waals surface area contributed by atoms with Crippen LogP contribution >= 0.6 is 0 Å². The van der Waals surface area contributed by atoms with Crippen LogP contribution in [0.2, 0.25) is 0 Å². The summed E-state index contributed by atoms with van der Waals surface area (Å²) in [6.07, 6.45) is 1.47. The lowest BCUT2D eigenvalue weighted by Gasteiger charge is -2.26. The van der Waals surface area contributed by atoms with Crippen LogP contribution in [-0.2, 0) is 9.53 Å². The van der Waals surface area contributed by atoms with E-state index in [0.717, 1.165) is 0 Å². The summed E-state index contributed by atoms with van der Waals surface area (Å²) in [5.41, 5.74) is 0.422. The van der Waals surface area contributed by atoms with Crippen molar-refractivity contribution in [1.29, 1.82) is 0 Å². The Morgan fingerprint density at radius 2 is 2.03 bits per heavy atom. The molecule has 1 atom stereocenters. The van der Waals surface area contributed by atoms with Gasteiger partial charge in [0.25, 0.3) is 0 Å². The number of ketones is 1. The van der Waals surface area contributed by atoms with Gasteiger partial charge in [0.15, 0.2) is 5.78 Å². The third kappa shape index (κ3) is 3.24. The number of allylic oxidation sites excluding steroid dienone is 1. The number of esters is 1. The Balaban J connectivity index is 1.85. The topological polar surface area (TPSA) is 121 Å². The molecule has 2 aromatic heterocycles. The van der Waals surface area contributed by atoms with E-state index in [1.54, 1.807) is 36.4 Å². The maximum Gasteiger partial charge on any atom is 0.355 e. The van der Waals surface area contributed by atoms with Crippen LogP contribution < -0.4 is 10.1 Å². The third-order valence-corrected chi connectivity index (χ3v) is 4.39. The van der Waals surface area contributed by atoms with E-state index in [1.165, 1.54) is 18.1 Å². The van der Waals surface area contributed by atoms with Gasteiger partial charge in [-0.1, -0.05) is 5.10 Å². The number of aromatic nitrogens is 4. The van der Waals surface area contributed by atoms with Gasteiger partial charge >= 0.3 is 5.97 Å². The number of carbonyl (C=O) groups excluding carboxylic acids is 2. The molecule has 10 nitrogen and oxygen atoms in total. The highest BCUT2D eigenvalue weighted by Crippen LogP contribution is 2.36. The first kappa shape index (κ1) is 18.4. The Morgan fingerprint density at radius 3 is 2.69 bits per heavy atom. The van der Waals surface area contributed by atoms with E-state index in [0.29, 0.717) is 23.7 Å². The number of benzene rings is 1. The van der Waals surface area contributed by atoms with Crippen molar-refractivity contribution in [1.82, 2.24) is 20.2 Å². The zero-order valence-corrected chi connectivity index (χ0v) is 15.7. The molecule has 1 aliphatic heterocycles. The predicted molar refractivity (Wildman–Crippen MR) is 99.3 cm³/mol. The van der Waals surface area contributed by atoms with Crippen molar-refractivity contribution in [2.75, 3.05) is 19.0 Å². The maximum absolute atomic E-state index is 13.5. The van der Waals surface area contributed by atoms with Crippen molar-refractivity contribution in [3.63, 3.8) is 0 Å². The molecular weight excluding hydrogens is 378 g/mol. The monoisotopic (exact) mass is 395 g/mol. The quantitative estimate of drug-likeness (QED) is 0.493. The Bertz CT molecular complexity index is 1070. The average Bonchev–Trinajstić information content (AvgIpc) is 3.44. The van der Waals surface area contributed by atoms with Crippen molar-refractivity contribution in [3.05, 3.63) is 65.3 Å². The van der Waals surface area contributed by atoms with Gasteiger partial charge in [0.05, 0.1) is 25.6 Å². The largest absolute Gasteiger partial charge is 0.494 e. The Hall–Kier alpha value is -3.95. The molecule has 10 heteroatoms. The molecule has 29 heavy (non-hydrogen) atoms. The fourth-order valence-corrected chi connectivity index (χ4v) is 3.12. The van der Waals surface area contributed by atoms with Gasteiger partial charge < -0.3 is 19.2 Å². The predicted octanol–water partition coefficient (Wildman–Crippen LogP) is 1.99. The number of tetrazole rings is 1. The summed E-state index contributed by atoms with van der Waals surface area (Å²) in [6, 6.07) is 9.16. The summed E-state index contributed by atoms with van der Waals surface area (Å²) in [4.78, 5) is 25.9. The zero-order valence-electron chi connectivity index (χ0n) is 15.7. The van der Waals surface area contributed by atoms with Crippen LogP contribution in [0.5, 0.6) is 5.75 Å². The molecule has 4 rings (SSSR count). The first-order valence-electron chi connectivity index (χ1n) is 8.82. The summed E-state index contributed by atoms with van der Waals surface area (Å²) >= 11 is 0. The second kappa shape index (κ2) is 7.58. The average molecular weight is 395 g/mol. The second-order valence-electron chi connectivity index (χ2n) is 6.06. The molecule has 1 N–H and O–H groups in total. The molecule has 0 radical (unpaired) electrons. The van der Waals surface area contributed by atoms with Crippen LogP contribution in [0.25, 0.3) is 0 Å². The Morgan fingerprint density at radius 1 is 1.24 bits per heavy atom. The van der Waals surface area contributed by atoms with Gasteiger partial charge in [-0.2, -0.15) is 4.68 Å². The molecule has 0 unspecified atom stereocenters. The SMILES string of the molecule is CCOc1ccc(C(=O)C2=C(C(=O)OC)Nc3nnnn3[C@@H]2c2ccco2)cc1. The van der Waals surface area contributed by atoms with Crippen molar-refractivity contribution in [2.24, 2.45) is 0 Å². The molecule has 148 valence electrons. The number of Topliss-reactive ketones (excluding diaryl/α,β-unsaturated/α-hetero) is 1. The number of rotatable bonds is 6. The minimum absolute atomic E-state index is 0.0462. The van der Waals surface area contributed by atoms with E-state index in [9.17, 15) is 9.59 Å². The zero-order chi connectivity index (χ0) is 20.4. The highest BCUT2D eigenvalue weighted by atomic mass is 16.5. The molecule has 0 bridgehead atoms. The standard InChI is InChI=1S/C19H17N5O5/c1-3-28-12-8-6-11(7-9-12)17(25)14-15(18(26)27-2)20-19-21-22-23-24(19)16(14)13-5-4-10-29-13/h4-10,16H,3H2,1-2H3,(H,20,21,23)/t16-/m1/s1. The summed E-state index contributed by atoms with van der Waals surface area (Å²) in [6.45, 7) is 2.38. The highest BCUT2D eigenvalue weighted by molar-refractivity contribution is 6.14. The second-order valence-corrected chi connectivity index (χ2v) is 6.06. The smallest absolute Gasteiger partial charge is 0.355 e. The molecule has 0 fully saturated rings. The summed E-state index contributed by atoms with van der Waals surface area (Å²) in [7, 11) is 1.23. The first-order chi connectivity index (χ1) is 14.1. The van der Waals surface area contributed by atoms with Crippen LogP contribution in [0.4, 0.5) is 5.95 Å². The lowest BCUT2D eigenvalue weighted by Crippen LogP contribution is -2.32. The van der Waals surface area contributed by atoms with Crippen LogP contribution in [0.3, 0.4) is 0 Å². The van der Waals surface area contributed by atoms with E-state index in [-0.39, 0.29) is 17.2 Å². The molecular formula is C19H17N5O5. The minimum atomic E-state index is -0.843. The highest BCUT2D eigenvalue weighted by Gasteiger charge is 2.39. The van der Waals surface area contributed by atoms with Crippen molar-refractivity contribution in [2.45, 2.75) is 13.0 Å². The molecule has 3 heterocycles. The van der Waals surface area contributed by atoms with Crippen LogP contribution in [0, 0.1) is 0 Å². The number of nitrogens with one attached hydrogen (secondary N) is 1. The minimum Gasteiger partial charge on any atom is -0.494 e. The normalized spacial score (nSPS) is 15.4. The molecule has 0 saturated heterocycles. The molecule has 0 spiro atoms. The van der Waals surface area contributed by atoms with Gasteiger partial charge in [0.1, 0.15) is 23.2 Å². The lowest BCUT2D eigenvalue weighted by atomic mass is 9.92. The molecule has 0 amide bonds.